The van der Waals surface area contributed by atoms with Crippen LogP contribution in [0, 0.1) is 5.82 Å². The van der Waals surface area contributed by atoms with Gasteiger partial charge in [0.05, 0.1) is 18.8 Å². The van der Waals surface area contributed by atoms with Gasteiger partial charge in [-0.15, -0.1) is 0 Å². The molecular formula is C30H36FN5O5. The fourth-order valence-electron chi connectivity index (χ4n) is 4.90. The lowest BCUT2D eigenvalue weighted by Crippen LogP contribution is -2.43. The molecule has 1 aromatic heterocycles. The summed E-state index contributed by atoms with van der Waals surface area (Å²) < 4.78 is 27.5. The molecule has 2 heterocycles. The molecule has 0 fully saturated rings. The number of ether oxygens (including phenoxy) is 2. The minimum absolute atomic E-state index is 0.0611. The lowest BCUT2D eigenvalue weighted by molar-refractivity contribution is -0.107. The van der Waals surface area contributed by atoms with Crippen molar-refractivity contribution in [3.63, 3.8) is 0 Å². The third kappa shape index (κ3) is 6.63. The van der Waals surface area contributed by atoms with Crippen LogP contribution in [-0.2, 0) is 34.8 Å². The number of aromatic nitrogens is 2. The first-order chi connectivity index (χ1) is 19.7. The van der Waals surface area contributed by atoms with E-state index in [0.717, 1.165) is 12.0 Å². The van der Waals surface area contributed by atoms with E-state index in [4.69, 9.17) is 15.2 Å². The Hall–Kier alpha value is -4.09. The summed E-state index contributed by atoms with van der Waals surface area (Å²) in [5, 5.41) is 2.78. The maximum absolute atomic E-state index is 14.3. The summed E-state index contributed by atoms with van der Waals surface area (Å²) in [6, 6.07) is 12.9. The third-order valence-electron chi connectivity index (χ3n) is 7.05. The molecule has 0 saturated heterocycles. The molecule has 2 aromatic carbocycles. The van der Waals surface area contributed by atoms with E-state index in [9.17, 15) is 18.8 Å². The van der Waals surface area contributed by atoms with Gasteiger partial charge in [0.1, 0.15) is 23.8 Å². The Labute approximate surface area is 238 Å². The number of benzene rings is 2. The van der Waals surface area contributed by atoms with E-state index in [1.807, 2.05) is 37.3 Å². The molecule has 0 spiro atoms. The standard InChI is InChI=1S/C30H36FN5O5/c1-4-8-23(16-32)36(19-37)24-15-22(31)12-11-21(24)17-33-27(38)25-26(40-18-20-9-6-5-7-10-20)28(39)35-13-14-41-30(2,3)29(35)34-25/h5-7,9-12,15,19,23H,4,8,13-14,16-18,32H2,1-3H3,(H,33,38). The summed E-state index contributed by atoms with van der Waals surface area (Å²) in [4.78, 5) is 45.2. The number of fused-ring (bicyclic) bond motifs is 1. The first kappa shape index (κ1) is 29.9. The molecule has 0 radical (unpaired) electrons. The minimum Gasteiger partial charge on any atom is -0.481 e. The first-order valence-electron chi connectivity index (χ1n) is 13.7. The smallest absolute Gasteiger partial charge is 0.296 e. The van der Waals surface area contributed by atoms with E-state index in [1.54, 1.807) is 13.8 Å². The topological polar surface area (TPSA) is 129 Å². The van der Waals surface area contributed by atoms with Gasteiger partial charge in [0.2, 0.25) is 12.2 Å². The van der Waals surface area contributed by atoms with Crippen LogP contribution in [0.2, 0.25) is 0 Å². The van der Waals surface area contributed by atoms with Crippen molar-refractivity contribution in [1.29, 1.82) is 0 Å². The summed E-state index contributed by atoms with van der Waals surface area (Å²) in [6.45, 7) is 6.29. The molecule has 4 rings (SSSR count). The predicted molar refractivity (Wildman–Crippen MR) is 152 cm³/mol. The van der Waals surface area contributed by atoms with E-state index in [2.05, 4.69) is 10.3 Å². The van der Waals surface area contributed by atoms with E-state index in [1.165, 1.54) is 27.7 Å². The maximum Gasteiger partial charge on any atom is 0.296 e. The zero-order chi connectivity index (χ0) is 29.6. The summed E-state index contributed by atoms with van der Waals surface area (Å²) in [5.41, 5.74) is 5.95. The molecule has 0 saturated carbocycles. The van der Waals surface area contributed by atoms with Crippen LogP contribution in [0.15, 0.2) is 53.3 Å². The molecule has 2 amide bonds. The van der Waals surface area contributed by atoms with Gasteiger partial charge in [-0.1, -0.05) is 49.7 Å². The number of amides is 2. The molecule has 1 aliphatic heterocycles. The number of hydrogen-bond acceptors (Lipinski definition) is 7. The summed E-state index contributed by atoms with van der Waals surface area (Å²) in [5.74, 6) is -1.05. The van der Waals surface area contributed by atoms with Crippen molar-refractivity contribution in [3.8, 4) is 5.75 Å². The average molecular weight is 566 g/mol. The van der Waals surface area contributed by atoms with Gasteiger partial charge in [-0.2, -0.15) is 0 Å². The Morgan fingerprint density at radius 2 is 2.05 bits per heavy atom. The molecule has 3 aromatic rings. The number of carbonyl (C=O) groups excluding carboxylic acids is 2. The largest absolute Gasteiger partial charge is 0.481 e. The van der Waals surface area contributed by atoms with Crippen LogP contribution < -0.4 is 26.2 Å². The van der Waals surface area contributed by atoms with Gasteiger partial charge in [0.25, 0.3) is 11.5 Å². The lowest BCUT2D eigenvalue weighted by atomic mass is 10.1. The molecular weight excluding hydrogens is 529 g/mol. The van der Waals surface area contributed by atoms with Crippen LogP contribution in [0.3, 0.4) is 0 Å². The first-order valence-corrected chi connectivity index (χ1v) is 13.7. The van der Waals surface area contributed by atoms with Gasteiger partial charge in [0.15, 0.2) is 5.69 Å². The number of anilines is 1. The molecule has 1 aliphatic rings. The molecule has 218 valence electrons. The molecule has 1 unspecified atom stereocenters. The third-order valence-corrected chi connectivity index (χ3v) is 7.05. The highest BCUT2D eigenvalue weighted by atomic mass is 19.1. The molecule has 3 N–H and O–H groups in total. The Kier molecular flexibility index (Phi) is 9.51. The zero-order valence-electron chi connectivity index (χ0n) is 23.6. The van der Waals surface area contributed by atoms with Crippen molar-refractivity contribution in [2.24, 2.45) is 5.73 Å². The van der Waals surface area contributed by atoms with E-state index < -0.39 is 22.9 Å². The highest BCUT2D eigenvalue weighted by Gasteiger charge is 2.35. The van der Waals surface area contributed by atoms with Crippen molar-refractivity contribution in [1.82, 2.24) is 14.9 Å². The minimum atomic E-state index is -0.907. The van der Waals surface area contributed by atoms with Crippen molar-refractivity contribution < 1.29 is 23.5 Å². The van der Waals surface area contributed by atoms with Gasteiger partial charge < -0.3 is 25.4 Å². The number of halogens is 1. The Morgan fingerprint density at radius 3 is 2.73 bits per heavy atom. The SMILES string of the molecule is CCCC(CN)N(C=O)c1cc(F)ccc1CNC(=O)c1nc2n(c(=O)c1OCc1ccccc1)CCOC2(C)C. The van der Waals surface area contributed by atoms with Gasteiger partial charge in [-0.25, -0.2) is 9.37 Å². The van der Waals surface area contributed by atoms with E-state index >= 15 is 0 Å². The van der Waals surface area contributed by atoms with Crippen molar-refractivity contribution >= 4 is 18.0 Å². The lowest BCUT2D eigenvalue weighted by Gasteiger charge is -2.33. The molecule has 0 bridgehead atoms. The number of nitrogens with zero attached hydrogens (tertiary/aromatic N) is 3. The van der Waals surface area contributed by atoms with E-state index in [-0.39, 0.29) is 43.7 Å². The average Bonchev–Trinajstić information content (AvgIpc) is 2.96. The van der Waals surface area contributed by atoms with Crippen molar-refractivity contribution in [3.05, 3.63) is 87.3 Å². The second kappa shape index (κ2) is 13.0. The number of carbonyl (C=O) groups is 2. The van der Waals surface area contributed by atoms with Crippen LogP contribution in [0.5, 0.6) is 5.75 Å². The molecule has 11 heteroatoms. The Balaban J connectivity index is 1.68. The van der Waals surface area contributed by atoms with Crippen LogP contribution in [-0.4, -0.2) is 41.1 Å². The Bertz CT molecular complexity index is 1440. The van der Waals surface area contributed by atoms with Crippen LogP contribution >= 0.6 is 0 Å². The molecule has 10 nitrogen and oxygen atoms in total. The predicted octanol–water partition coefficient (Wildman–Crippen LogP) is 3.25. The number of nitrogens with one attached hydrogen (secondary N) is 1. The second-order valence-corrected chi connectivity index (χ2v) is 10.3. The number of rotatable bonds is 12. The summed E-state index contributed by atoms with van der Waals surface area (Å²) in [7, 11) is 0. The van der Waals surface area contributed by atoms with Crippen LogP contribution in [0.25, 0.3) is 0 Å². The molecule has 1 atom stereocenters. The quantitative estimate of drug-likeness (QED) is 0.323. The summed E-state index contributed by atoms with van der Waals surface area (Å²) in [6.07, 6.45) is 2.02. The van der Waals surface area contributed by atoms with Gasteiger partial charge in [0, 0.05) is 19.1 Å². The van der Waals surface area contributed by atoms with Gasteiger partial charge >= 0.3 is 0 Å². The fraction of sp³-hybridized carbons (Fsp3) is 0.400. The van der Waals surface area contributed by atoms with Crippen molar-refractivity contribution in [2.45, 2.75) is 65.0 Å². The van der Waals surface area contributed by atoms with Gasteiger partial charge in [-0.3, -0.25) is 19.0 Å². The zero-order valence-corrected chi connectivity index (χ0v) is 23.6. The van der Waals surface area contributed by atoms with Crippen LogP contribution in [0.1, 0.15) is 61.1 Å². The maximum atomic E-state index is 14.3. The summed E-state index contributed by atoms with van der Waals surface area (Å²) >= 11 is 0. The highest BCUT2D eigenvalue weighted by molar-refractivity contribution is 5.95. The normalized spacial score (nSPS) is 14.6. The second-order valence-electron chi connectivity index (χ2n) is 10.3. The van der Waals surface area contributed by atoms with Gasteiger partial charge in [-0.05, 0) is 43.5 Å². The highest BCUT2D eigenvalue weighted by Crippen LogP contribution is 2.29. The molecule has 41 heavy (non-hydrogen) atoms. The number of hydrogen-bond donors (Lipinski definition) is 2. The van der Waals surface area contributed by atoms with Crippen LogP contribution in [0.4, 0.5) is 10.1 Å². The Morgan fingerprint density at radius 1 is 1.29 bits per heavy atom. The molecule has 0 aliphatic carbocycles. The van der Waals surface area contributed by atoms with E-state index in [0.29, 0.717) is 36.5 Å². The fourth-order valence-corrected chi connectivity index (χ4v) is 4.90. The monoisotopic (exact) mass is 565 g/mol. The van der Waals surface area contributed by atoms with Crippen molar-refractivity contribution in [2.75, 3.05) is 18.1 Å². The number of nitrogens with two attached hydrogens (primary N) is 1.